The Morgan fingerprint density at radius 3 is 3.00 bits per heavy atom. The summed E-state index contributed by atoms with van der Waals surface area (Å²) in [5.74, 6) is -0.172. The Balaban J connectivity index is 2.16. The maximum absolute atomic E-state index is 11.2. The van der Waals surface area contributed by atoms with E-state index in [9.17, 15) is 4.79 Å². The van der Waals surface area contributed by atoms with Crippen LogP contribution in [0.3, 0.4) is 0 Å². The van der Waals surface area contributed by atoms with Crippen LogP contribution in [0.4, 0.5) is 0 Å². The third kappa shape index (κ3) is 5.30. The second kappa shape index (κ2) is 6.98. The molecule has 0 unspecified atom stereocenters. The summed E-state index contributed by atoms with van der Waals surface area (Å²) in [6, 6.07) is 1.95. The van der Waals surface area contributed by atoms with E-state index in [0.717, 1.165) is 9.35 Å². The summed E-state index contributed by atoms with van der Waals surface area (Å²) in [6.45, 7) is 0.951. The first-order valence-corrected chi connectivity index (χ1v) is 6.27. The number of methoxy groups -OCH3 is 1. The predicted molar refractivity (Wildman–Crippen MR) is 62.9 cm³/mol. The fourth-order valence-electron chi connectivity index (χ4n) is 1.02. The summed E-state index contributed by atoms with van der Waals surface area (Å²) in [7, 11) is 1.62. The van der Waals surface area contributed by atoms with Crippen LogP contribution in [0.1, 0.15) is 18.4 Å². The zero-order valence-corrected chi connectivity index (χ0v) is 10.9. The van der Waals surface area contributed by atoms with Crippen LogP contribution in [-0.4, -0.2) is 19.7 Å². The average Bonchev–Trinajstić information content (AvgIpc) is 2.62. The quantitative estimate of drug-likeness (QED) is 0.597. The van der Waals surface area contributed by atoms with Crippen molar-refractivity contribution >= 4 is 33.2 Å². The lowest BCUT2D eigenvalue weighted by Gasteiger charge is -2.02. The average molecular weight is 293 g/mol. The van der Waals surface area contributed by atoms with Crippen molar-refractivity contribution < 1.29 is 14.3 Å². The Bertz CT molecular complexity index is 311. The number of hydrogen-bond acceptors (Lipinski definition) is 4. The first kappa shape index (κ1) is 12.7. The van der Waals surface area contributed by atoms with Crippen molar-refractivity contribution in [1.82, 2.24) is 0 Å². The van der Waals surface area contributed by atoms with Crippen LogP contribution < -0.4 is 0 Å². The van der Waals surface area contributed by atoms with Gasteiger partial charge in [0.05, 0.1) is 3.79 Å². The van der Waals surface area contributed by atoms with Crippen LogP contribution in [0.15, 0.2) is 15.2 Å². The van der Waals surface area contributed by atoms with Gasteiger partial charge in [-0.25, -0.2) is 0 Å². The maximum atomic E-state index is 11.2. The third-order valence-electron chi connectivity index (χ3n) is 1.75. The maximum Gasteiger partial charge on any atom is 0.306 e. The van der Waals surface area contributed by atoms with E-state index in [1.54, 1.807) is 18.4 Å². The Hall–Kier alpha value is -0.390. The van der Waals surface area contributed by atoms with E-state index < -0.39 is 0 Å². The molecule has 3 nitrogen and oxygen atoms in total. The molecule has 15 heavy (non-hydrogen) atoms. The van der Waals surface area contributed by atoms with E-state index >= 15 is 0 Å². The third-order valence-corrected chi connectivity index (χ3v) is 3.30. The Kier molecular flexibility index (Phi) is 5.90. The molecule has 0 aliphatic heterocycles. The summed E-state index contributed by atoms with van der Waals surface area (Å²) in [4.78, 5) is 11.2. The van der Waals surface area contributed by atoms with Gasteiger partial charge in [-0.3, -0.25) is 4.79 Å². The van der Waals surface area contributed by atoms with Gasteiger partial charge in [-0.05, 0) is 33.8 Å². The molecule has 0 bridgehead atoms. The standard InChI is InChI=1S/C10H13BrO3S/c1-13-4-2-3-10(12)14-6-8-5-9(11)15-7-8/h5,7H,2-4,6H2,1H3. The number of carbonyl (C=O) groups excluding carboxylic acids is 1. The summed E-state index contributed by atoms with van der Waals surface area (Å²) in [5, 5.41) is 1.96. The van der Waals surface area contributed by atoms with E-state index in [1.165, 1.54) is 0 Å². The Morgan fingerprint density at radius 1 is 1.60 bits per heavy atom. The lowest BCUT2D eigenvalue weighted by Crippen LogP contribution is -2.05. The second-order valence-corrected chi connectivity index (χ2v) is 5.31. The molecular formula is C10H13BrO3S. The molecule has 0 N–H and O–H groups in total. The monoisotopic (exact) mass is 292 g/mol. The van der Waals surface area contributed by atoms with Crippen molar-refractivity contribution in [3.8, 4) is 0 Å². The second-order valence-electron chi connectivity index (χ2n) is 3.02. The minimum Gasteiger partial charge on any atom is -0.461 e. The molecule has 1 heterocycles. The summed E-state index contributed by atoms with van der Waals surface area (Å²) in [6.07, 6.45) is 1.13. The number of carbonyl (C=O) groups is 1. The smallest absolute Gasteiger partial charge is 0.306 e. The minimum atomic E-state index is -0.172. The van der Waals surface area contributed by atoms with Gasteiger partial charge in [0.25, 0.3) is 0 Å². The highest BCUT2D eigenvalue weighted by atomic mass is 79.9. The molecule has 0 atom stereocenters. The van der Waals surface area contributed by atoms with Crippen molar-refractivity contribution in [2.45, 2.75) is 19.4 Å². The van der Waals surface area contributed by atoms with Crippen LogP contribution in [0.2, 0.25) is 0 Å². The molecule has 0 radical (unpaired) electrons. The molecule has 0 spiro atoms. The molecule has 1 aromatic rings. The molecular weight excluding hydrogens is 280 g/mol. The van der Waals surface area contributed by atoms with Gasteiger partial charge in [-0.1, -0.05) is 0 Å². The largest absolute Gasteiger partial charge is 0.461 e. The van der Waals surface area contributed by atoms with Crippen LogP contribution in [0.5, 0.6) is 0 Å². The number of ether oxygens (including phenoxy) is 2. The number of thiophene rings is 1. The number of hydrogen-bond donors (Lipinski definition) is 0. The molecule has 0 fully saturated rings. The SMILES string of the molecule is COCCCC(=O)OCc1csc(Br)c1. The highest BCUT2D eigenvalue weighted by Crippen LogP contribution is 2.21. The molecule has 1 aromatic heterocycles. The van der Waals surface area contributed by atoms with E-state index in [-0.39, 0.29) is 5.97 Å². The van der Waals surface area contributed by atoms with Gasteiger partial charge in [-0.2, -0.15) is 0 Å². The topological polar surface area (TPSA) is 35.5 Å². The Labute approximate surface area is 102 Å². The van der Waals surface area contributed by atoms with Gasteiger partial charge in [0.1, 0.15) is 6.61 Å². The fourth-order valence-corrected chi connectivity index (χ4v) is 2.21. The Morgan fingerprint density at radius 2 is 2.40 bits per heavy atom. The normalized spacial score (nSPS) is 10.3. The van der Waals surface area contributed by atoms with Crippen molar-refractivity contribution in [1.29, 1.82) is 0 Å². The van der Waals surface area contributed by atoms with Gasteiger partial charge in [0, 0.05) is 25.7 Å². The first-order chi connectivity index (χ1) is 7.22. The lowest BCUT2D eigenvalue weighted by atomic mass is 10.3. The van der Waals surface area contributed by atoms with E-state index in [0.29, 0.717) is 26.1 Å². The van der Waals surface area contributed by atoms with Crippen molar-refractivity contribution in [2.24, 2.45) is 0 Å². The fraction of sp³-hybridized carbons (Fsp3) is 0.500. The molecule has 5 heteroatoms. The first-order valence-electron chi connectivity index (χ1n) is 4.60. The predicted octanol–water partition coefficient (Wildman–Crippen LogP) is 2.98. The van der Waals surface area contributed by atoms with E-state index in [2.05, 4.69) is 15.9 Å². The van der Waals surface area contributed by atoms with Crippen LogP contribution >= 0.6 is 27.3 Å². The zero-order chi connectivity index (χ0) is 11.1. The zero-order valence-electron chi connectivity index (χ0n) is 8.49. The van der Waals surface area contributed by atoms with E-state index in [1.807, 2.05) is 11.4 Å². The van der Waals surface area contributed by atoms with Gasteiger partial charge >= 0.3 is 5.97 Å². The summed E-state index contributed by atoms with van der Waals surface area (Å²) < 4.78 is 11.0. The summed E-state index contributed by atoms with van der Waals surface area (Å²) in [5.41, 5.74) is 1.02. The van der Waals surface area contributed by atoms with Gasteiger partial charge in [0.2, 0.25) is 0 Å². The van der Waals surface area contributed by atoms with E-state index in [4.69, 9.17) is 9.47 Å². The molecule has 0 aromatic carbocycles. The van der Waals surface area contributed by atoms with Crippen molar-refractivity contribution in [2.75, 3.05) is 13.7 Å². The molecule has 0 amide bonds. The molecule has 84 valence electrons. The number of halogens is 1. The molecule has 0 aliphatic rings. The highest BCUT2D eigenvalue weighted by Gasteiger charge is 2.04. The molecule has 1 rings (SSSR count). The van der Waals surface area contributed by atoms with Gasteiger partial charge in [-0.15, -0.1) is 11.3 Å². The van der Waals surface area contributed by atoms with Crippen molar-refractivity contribution in [3.05, 3.63) is 20.8 Å². The highest BCUT2D eigenvalue weighted by molar-refractivity contribution is 9.11. The number of rotatable bonds is 6. The lowest BCUT2D eigenvalue weighted by molar-refractivity contribution is -0.145. The van der Waals surface area contributed by atoms with Crippen LogP contribution in [-0.2, 0) is 20.9 Å². The van der Waals surface area contributed by atoms with Crippen molar-refractivity contribution in [3.63, 3.8) is 0 Å². The molecule has 0 saturated heterocycles. The van der Waals surface area contributed by atoms with Gasteiger partial charge < -0.3 is 9.47 Å². The molecule has 0 saturated carbocycles. The van der Waals surface area contributed by atoms with Crippen LogP contribution in [0.25, 0.3) is 0 Å². The number of esters is 1. The summed E-state index contributed by atoms with van der Waals surface area (Å²) >= 11 is 4.93. The van der Waals surface area contributed by atoms with Crippen LogP contribution in [0, 0.1) is 0 Å². The molecule has 0 aliphatic carbocycles. The minimum absolute atomic E-state index is 0.172. The van der Waals surface area contributed by atoms with Gasteiger partial charge in [0.15, 0.2) is 0 Å².